The summed E-state index contributed by atoms with van der Waals surface area (Å²) in [5.74, 6) is 2.19. The van der Waals surface area contributed by atoms with Gasteiger partial charge in [-0.3, -0.25) is 0 Å². The molecule has 2 aromatic rings. The van der Waals surface area contributed by atoms with Crippen molar-refractivity contribution in [1.82, 2.24) is 20.4 Å². The molecule has 0 bridgehead atoms. The molecule has 1 aliphatic rings. The minimum absolute atomic E-state index is 0. The number of aryl methyl sites for hydroxylation is 1. The zero-order valence-corrected chi connectivity index (χ0v) is 14.6. The van der Waals surface area contributed by atoms with Gasteiger partial charge in [-0.05, 0) is 51.5 Å². The molecule has 0 saturated carbocycles. The fourth-order valence-electron chi connectivity index (χ4n) is 2.89. The monoisotopic (exact) mass is 336 g/mol. The molecule has 1 aromatic heterocycles. The zero-order chi connectivity index (χ0) is 15.4. The molecular weight excluding hydrogens is 312 g/mol. The maximum atomic E-state index is 5.38. The van der Waals surface area contributed by atoms with Crippen LogP contribution in [0.1, 0.15) is 24.3 Å². The largest absolute Gasteiger partial charge is 0.339 e. The molecule has 1 atom stereocenters. The first kappa shape index (κ1) is 17.9. The number of rotatable bonds is 6. The van der Waals surface area contributed by atoms with Crippen LogP contribution in [0.3, 0.4) is 0 Å². The number of hydrogen-bond acceptors (Lipinski definition) is 5. The molecule has 0 spiro atoms. The van der Waals surface area contributed by atoms with E-state index in [0.717, 1.165) is 49.8 Å². The quantitative estimate of drug-likeness (QED) is 0.879. The van der Waals surface area contributed by atoms with Gasteiger partial charge >= 0.3 is 0 Å². The Morgan fingerprint density at radius 1 is 1.26 bits per heavy atom. The lowest BCUT2D eigenvalue weighted by Gasteiger charge is -2.09. The van der Waals surface area contributed by atoms with Gasteiger partial charge in [0.25, 0.3) is 0 Å². The van der Waals surface area contributed by atoms with Gasteiger partial charge in [-0.25, -0.2) is 0 Å². The van der Waals surface area contributed by atoms with Crippen LogP contribution < -0.4 is 5.32 Å². The molecule has 1 unspecified atom stereocenters. The molecular formula is C17H25ClN4O. The second-order valence-corrected chi connectivity index (χ2v) is 6.34. The topological polar surface area (TPSA) is 54.2 Å². The van der Waals surface area contributed by atoms with Gasteiger partial charge in [-0.15, -0.1) is 12.4 Å². The van der Waals surface area contributed by atoms with Crippen molar-refractivity contribution in [1.29, 1.82) is 0 Å². The van der Waals surface area contributed by atoms with Crippen LogP contribution in [-0.2, 0) is 13.0 Å². The van der Waals surface area contributed by atoms with Gasteiger partial charge < -0.3 is 14.7 Å². The second kappa shape index (κ2) is 8.43. The summed E-state index contributed by atoms with van der Waals surface area (Å²) in [7, 11) is 4.14. The average Bonchev–Trinajstić information content (AvgIpc) is 3.17. The minimum atomic E-state index is 0. The van der Waals surface area contributed by atoms with Crippen LogP contribution in [0.25, 0.3) is 11.4 Å². The van der Waals surface area contributed by atoms with E-state index in [9.17, 15) is 0 Å². The van der Waals surface area contributed by atoms with Gasteiger partial charge in [0.2, 0.25) is 11.7 Å². The number of nitrogens with one attached hydrogen (secondary N) is 1. The Morgan fingerprint density at radius 2 is 2.04 bits per heavy atom. The molecule has 0 aliphatic carbocycles. The first-order chi connectivity index (χ1) is 10.7. The summed E-state index contributed by atoms with van der Waals surface area (Å²) < 4.78 is 5.38. The predicted octanol–water partition coefficient (Wildman–Crippen LogP) is 2.76. The maximum absolute atomic E-state index is 5.38. The molecule has 0 amide bonds. The van der Waals surface area contributed by atoms with Crippen molar-refractivity contribution >= 4 is 12.4 Å². The molecule has 23 heavy (non-hydrogen) atoms. The fourth-order valence-corrected chi connectivity index (χ4v) is 2.89. The molecule has 2 heterocycles. The third-order valence-electron chi connectivity index (χ3n) is 4.11. The highest BCUT2D eigenvalue weighted by Gasteiger charge is 2.16. The standard InChI is InChI=1S/C17H24N4O.ClH/c1-21(2)12-14-3-6-15(7-4-14)17-19-16(22-20-17)8-5-13-9-10-18-11-13;/h3-4,6-7,13,18H,5,8-12H2,1-2H3;1H. The predicted molar refractivity (Wildman–Crippen MR) is 93.7 cm³/mol. The number of benzene rings is 1. The Morgan fingerprint density at radius 3 is 2.70 bits per heavy atom. The Bertz CT molecular complexity index is 591. The highest BCUT2D eigenvalue weighted by molar-refractivity contribution is 5.85. The van der Waals surface area contributed by atoms with Gasteiger partial charge in [0.15, 0.2) is 0 Å². The first-order valence-corrected chi connectivity index (χ1v) is 7.98. The lowest BCUT2D eigenvalue weighted by Crippen LogP contribution is -2.10. The van der Waals surface area contributed by atoms with Crippen molar-refractivity contribution in [3.63, 3.8) is 0 Å². The van der Waals surface area contributed by atoms with Gasteiger partial charge in [-0.1, -0.05) is 29.4 Å². The minimum Gasteiger partial charge on any atom is -0.339 e. The Labute approximate surface area is 143 Å². The Kier molecular flexibility index (Phi) is 6.57. The summed E-state index contributed by atoms with van der Waals surface area (Å²) in [5.41, 5.74) is 2.30. The van der Waals surface area contributed by atoms with Crippen molar-refractivity contribution in [2.75, 3.05) is 27.2 Å². The SMILES string of the molecule is CN(C)Cc1ccc(-c2noc(CCC3CCNC3)n2)cc1.Cl. The summed E-state index contributed by atoms with van der Waals surface area (Å²) >= 11 is 0. The van der Waals surface area contributed by atoms with Crippen molar-refractivity contribution < 1.29 is 4.52 Å². The van der Waals surface area contributed by atoms with Crippen LogP contribution in [0, 0.1) is 5.92 Å². The molecule has 126 valence electrons. The molecule has 3 rings (SSSR count). The van der Waals surface area contributed by atoms with E-state index >= 15 is 0 Å². The number of halogens is 1. The molecule has 5 nitrogen and oxygen atoms in total. The van der Waals surface area contributed by atoms with Gasteiger partial charge in [0, 0.05) is 18.5 Å². The summed E-state index contributed by atoms with van der Waals surface area (Å²) in [6.45, 7) is 3.20. The third-order valence-corrected chi connectivity index (χ3v) is 4.11. The molecule has 6 heteroatoms. The summed E-state index contributed by atoms with van der Waals surface area (Å²) in [6.07, 6.45) is 3.25. The van der Waals surface area contributed by atoms with E-state index < -0.39 is 0 Å². The molecule has 1 fully saturated rings. The van der Waals surface area contributed by atoms with E-state index in [2.05, 4.69) is 58.7 Å². The van der Waals surface area contributed by atoms with Crippen LogP contribution in [0.15, 0.2) is 28.8 Å². The van der Waals surface area contributed by atoms with Crippen LogP contribution in [0.4, 0.5) is 0 Å². The van der Waals surface area contributed by atoms with Crippen molar-refractivity contribution in [3.8, 4) is 11.4 Å². The molecule has 1 N–H and O–H groups in total. The van der Waals surface area contributed by atoms with Gasteiger partial charge in [-0.2, -0.15) is 4.98 Å². The van der Waals surface area contributed by atoms with Crippen LogP contribution >= 0.6 is 12.4 Å². The lowest BCUT2D eigenvalue weighted by molar-refractivity contribution is 0.365. The average molecular weight is 337 g/mol. The van der Waals surface area contributed by atoms with E-state index in [1.807, 2.05) is 0 Å². The van der Waals surface area contributed by atoms with Gasteiger partial charge in [0.1, 0.15) is 0 Å². The molecule has 0 radical (unpaired) electrons. The van der Waals surface area contributed by atoms with Crippen LogP contribution in [-0.4, -0.2) is 42.2 Å². The van der Waals surface area contributed by atoms with E-state index in [4.69, 9.17) is 4.52 Å². The van der Waals surface area contributed by atoms with Crippen LogP contribution in [0.2, 0.25) is 0 Å². The normalized spacial score (nSPS) is 17.4. The third kappa shape index (κ3) is 5.03. The number of hydrogen-bond donors (Lipinski definition) is 1. The fraction of sp³-hybridized carbons (Fsp3) is 0.529. The Balaban J connectivity index is 0.00000192. The molecule has 1 saturated heterocycles. The lowest BCUT2D eigenvalue weighted by atomic mass is 10.0. The highest BCUT2D eigenvalue weighted by atomic mass is 35.5. The maximum Gasteiger partial charge on any atom is 0.226 e. The van der Waals surface area contributed by atoms with E-state index in [1.54, 1.807) is 0 Å². The van der Waals surface area contributed by atoms with Crippen molar-refractivity contribution in [2.45, 2.75) is 25.8 Å². The number of nitrogens with zero attached hydrogens (tertiary/aromatic N) is 3. The highest BCUT2D eigenvalue weighted by Crippen LogP contribution is 2.19. The first-order valence-electron chi connectivity index (χ1n) is 7.98. The van der Waals surface area contributed by atoms with Crippen molar-refractivity contribution in [3.05, 3.63) is 35.7 Å². The van der Waals surface area contributed by atoms with E-state index in [1.165, 1.54) is 12.0 Å². The van der Waals surface area contributed by atoms with Gasteiger partial charge in [0.05, 0.1) is 0 Å². The Hall–Kier alpha value is -1.43. The van der Waals surface area contributed by atoms with E-state index in [0.29, 0.717) is 5.82 Å². The number of aromatic nitrogens is 2. The summed E-state index contributed by atoms with van der Waals surface area (Å²) in [6, 6.07) is 8.37. The summed E-state index contributed by atoms with van der Waals surface area (Å²) in [5, 5.41) is 7.50. The second-order valence-electron chi connectivity index (χ2n) is 6.34. The smallest absolute Gasteiger partial charge is 0.226 e. The zero-order valence-electron chi connectivity index (χ0n) is 13.8. The molecule has 1 aliphatic heterocycles. The van der Waals surface area contributed by atoms with Crippen LogP contribution in [0.5, 0.6) is 0 Å². The van der Waals surface area contributed by atoms with E-state index in [-0.39, 0.29) is 12.4 Å². The molecule has 1 aromatic carbocycles. The summed E-state index contributed by atoms with van der Waals surface area (Å²) in [4.78, 5) is 6.68. The van der Waals surface area contributed by atoms with Crippen molar-refractivity contribution in [2.24, 2.45) is 5.92 Å².